The molecule has 1 aliphatic rings. The maximum Gasteiger partial charge on any atom is 0.262 e. The van der Waals surface area contributed by atoms with Crippen molar-refractivity contribution in [3.8, 4) is 0 Å². The van der Waals surface area contributed by atoms with E-state index in [2.05, 4.69) is 10.3 Å². The average molecular weight is 379 g/mol. The monoisotopic (exact) mass is 379 g/mol. The number of hydrogen-bond donors (Lipinski definition) is 1. The summed E-state index contributed by atoms with van der Waals surface area (Å²) in [6.07, 6.45) is 0. The maximum absolute atomic E-state index is 12.7. The van der Waals surface area contributed by atoms with Crippen molar-refractivity contribution in [1.82, 2.24) is 9.88 Å². The van der Waals surface area contributed by atoms with Crippen molar-refractivity contribution < 1.29 is 14.4 Å². The SMILES string of the molecule is Cc1cc(C)c2nc(NC(=O)[C@@H](C)N3C(=O)c4ccccc4C3=O)sc2c1. The van der Waals surface area contributed by atoms with Crippen LogP contribution in [0.4, 0.5) is 5.13 Å². The molecule has 27 heavy (non-hydrogen) atoms. The molecule has 2 heterocycles. The number of benzene rings is 2. The average Bonchev–Trinajstić information content (AvgIpc) is 3.14. The summed E-state index contributed by atoms with van der Waals surface area (Å²) >= 11 is 1.37. The first-order chi connectivity index (χ1) is 12.9. The van der Waals surface area contributed by atoms with E-state index in [4.69, 9.17) is 0 Å². The van der Waals surface area contributed by atoms with Crippen LogP contribution in [0, 0.1) is 13.8 Å². The third-order valence-electron chi connectivity index (χ3n) is 4.65. The molecular formula is C20H17N3O3S. The zero-order valence-corrected chi connectivity index (χ0v) is 15.9. The van der Waals surface area contributed by atoms with Crippen molar-refractivity contribution >= 4 is 44.4 Å². The second-order valence-corrected chi connectivity index (χ2v) is 7.67. The van der Waals surface area contributed by atoms with Crippen molar-refractivity contribution in [2.75, 3.05) is 5.32 Å². The molecule has 1 aromatic heterocycles. The molecule has 0 saturated carbocycles. The van der Waals surface area contributed by atoms with Gasteiger partial charge in [0.15, 0.2) is 5.13 Å². The van der Waals surface area contributed by atoms with Gasteiger partial charge < -0.3 is 5.32 Å². The molecule has 0 fully saturated rings. The lowest BCUT2D eigenvalue weighted by Crippen LogP contribution is -2.45. The van der Waals surface area contributed by atoms with Crippen molar-refractivity contribution in [2.45, 2.75) is 26.8 Å². The quantitative estimate of drug-likeness (QED) is 0.706. The number of imide groups is 1. The van der Waals surface area contributed by atoms with Gasteiger partial charge in [-0.1, -0.05) is 29.5 Å². The van der Waals surface area contributed by atoms with Gasteiger partial charge in [0.1, 0.15) is 6.04 Å². The maximum atomic E-state index is 12.7. The first-order valence-corrected chi connectivity index (χ1v) is 9.34. The lowest BCUT2D eigenvalue weighted by atomic mass is 10.1. The fraction of sp³-hybridized carbons (Fsp3) is 0.200. The van der Waals surface area contributed by atoms with E-state index < -0.39 is 23.8 Å². The number of aryl methyl sites for hydroxylation is 2. The minimum Gasteiger partial charge on any atom is -0.300 e. The standard InChI is InChI=1S/C20H17N3O3S/c1-10-8-11(2)16-15(9-10)27-20(21-16)22-17(24)12(3)23-18(25)13-6-4-5-7-14(13)19(23)26/h4-9,12H,1-3H3,(H,21,22,24)/t12-/m1/s1. The van der Waals surface area contributed by atoms with Crippen LogP contribution < -0.4 is 5.32 Å². The van der Waals surface area contributed by atoms with Crippen molar-refractivity contribution in [1.29, 1.82) is 0 Å². The third-order valence-corrected chi connectivity index (χ3v) is 5.57. The van der Waals surface area contributed by atoms with Gasteiger partial charge in [-0.2, -0.15) is 0 Å². The number of thiazole rings is 1. The number of nitrogens with one attached hydrogen (secondary N) is 1. The van der Waals surface area contributed by atoms with Crippen molar-refractivity contribution in [3.63, 3.8) is 0 Å². The summed E-state index contributed by atoms with van der Waals surface area (Å²) in [5, 5.41) is 3.20. The van der Waals surface area contributed by atoms with Crippen LogP contribution in [0.2, 0.25) is 0 Å². The largest absolute Gasteiger partial charge is 0.300 e. The number of nitrogens with zero attached hydrogens (tertiary/aromatic N) is 2. The molecule has 0 radical (unpaired) electrons. The highest BCUT2D eigenvalue weighted by Crippen LogP contribution is 2.30. The van der Waals surface area contributed by atoms with E-state index in [1.54, 1.807) is 31.2 Å². The first-order valence-electron chi connectivity index (χ1n) is 8.52. The van der Waals surface area contributed by atoms with Gasteiger partial charge in [-0.05, 0) is 50.1 Å². The number of carbonyl (C=O) groups is 3. The molecule has 0 unspecified atom stereocenters. The molecule has 6 nitrogen and oxygen atoms in total. The smallest absolute Gasteiger partial charge is 0.262 e. The Bertz CT molecular complexity index is 1080. The lowest BCUT2D eigenvalue weighted by molar-refractivity contribution is -0.119. The number of rotatable bonds is 3. The minimum atomic E-state index is -0.938. The normalized spacial score (nSPS) is 14.6. The zero-order chi connectivity index (χ0) is 19.3. The molecule has 0 saturated heterocycles. The van der Waals surface area contributed by atoms with Crippen LogP contribution in [0.1, 0.15) is 38.8 Å². The Morgan fingerprint density at radius 2 is 1.74 bits per heavy atom. The molecule has 0 aliphatic carbocycles. The van der Waals surface area contributed by atoms with Crippen LogP contribution in [-0.2, 0) is 4.79 Å². The molecule has 1 aliphatic heterocycles. The number of amides is 3. The Labute approximate surface area is 159 Å². The summed E-state index contributed by atoms with van der Waals surface area (Å²) in [6.45, 7) is 5.52. The van der Waals surface area contributed by atoms with E-state index in [1.165, 1.54) is 11.3 Å². The molecule has 0 bridgehead atoms. The molecule has 1 N–H and O–H groups in total. The fourth-order valence-corrected chi connectivity index (χ4v) is 4.36. The van der Waals surface area contributed by atoms with Gasteiger partial charge in [0, 0.05) is 0 Å². The van der Waals surface area contributed by atoms with Gasteiger partial charge in [-0.25, -0.2) is 4.98 Å². The summed E-state index contributed by atoms with van der Waals surface area (Å²) in [6, 6.07) is 9.70. The molecule has 3 aromatic rings. The molecule has 7 heteroatoms. The highest BCUT2D eigenvalue weighted by molar-refractivity contribution is 7.22. The van der Waals surface area contributed by atoms with Gasteiger partial charge in [0.2, 0.25) is 5.91 Å². The zero-order valence-electron chi connectivity index (χ0n) is 15.1. The summed E-state index contributed by atoms with van der Waals surface area (Å²) < 4.78 is 0.983. The first kappa shape index (κ1) is 17.4. The Kier molecular flexibility index (Phi) is 4.04. The van der Waals surface area contributed by atoms with Gasteiger partial charge >= 0.3 is 0 Å². The predicted octanol–water partition coefficient (Wildman–Crippen LogP) is 3.54. The summed E-state index contributed by atoms with van der Waals surface area (Å²) in [5.41, 5.74) is 3.66. The van der Waals surface area contributed by atoms with Gasteiger partial charge in [-0.3, -0.25) is 19.3 Å². The van der Waals surface area contributed by atoms with E-state index in [-0.39, 0.29) is 0 Å². The molecule has 3 amide bonds. The van der Waals surface area contributed by atoms with Crippen LogP contribution in [0.25, 0.3) is 10.2 Å². The second kappa shape index (κ2) is 6.28. The van der Waals surface area contributed by atoms with E-state index >= 15 is 0 Å². The van der Waals surface area contributed by atoms with Gasteiger partial charge in [0.25, 0.3) is 11.8 Å². The molecule has 4 rings (SSSR count). The Morgan fingerprint density at radius 1 is 1.11 bits per heavy atom. The number of anilines is 1. The molecule has 2 aromatic carbocycles. The Balaban J connectivity index is 1.58. The molecular weight excluding hydrogens is 362 g/mol. The van der Waals surface area contributed by atoms with Crippen LogP contribution in [0.15, 0.2) is 36.4 Å². The summed E-state index contributed by atoms with van der Waals surface area (Å²) in [5.74, 6) is -1.35. The van der Waals surface area contributed by atoms with Crippen LogP contribution in [-0.4, -0.2) is 33.6 Å². The van der Waals surface area contributed by atoms with E-state index in [1.807, 2.05) is 26.0 Å². The van der Waals surface area contributed by atoms with E-state index in [0.29, 0.717) is 16.3 Å². The highest BCUT2D eigenvalue weighted by Gasteiger charge is 2.40. The number of hydrogen-bond acceptors (Lipinski definition) is 5. The van der Waals surface area contributed by atoms with Gasteiger partial charge in [-0.15, -0.1) is 0 Å². The minimum absolute atomic E-state index is 0.327. The molecule has 0 spiro atoms. The highest BCUT2D eigenvalue weighted by atomic mass is 32.1. The second-order valence-electron chi connectivity index (χ2n) is 6.64. The number of fused-ring (bicyclic) bond motifs is 2. The van der Waals surface area contributed by atoms with Crippen molar-refractivity contribution in [3.05, 3.63) is 58.7 Å². The van der Waals surface area contributed by atoms with Gasteiger partial charge in [0.05, 0.1) is 21.3 Å². The number of aromatic nitrogens is 1. The molecule has 1 atom stereocenters. The van der Waals surface area contributed by atoms with E-state index in [9.17, 15) is 14.4 Å². The van der Waals surface area contributed by atoms with Crippen LogP contribution in [0.3, 0.4) is 0 Å². The Morgan fingerprint density at radius 3 is 2.37 bits per heavy atom. The number of carbonyl (C=O) groups excluding carboxylic acids is 3. The Hall–Kier alpha value is -3.06. The topological polar surface area (TPSA) is 79.4 Å². The van der Waals surface area contributed by atoms with Crippen LogP contribution >= 0.6 is 11.3 Å². The summed E-state index contributed by atoms with van der Waals surface area (Å²) in [7, 11) is 0. The van der Waals surface area contributed by atoms with E-state index in [0.717, 1.165) is 26.2 Å². The third kappa shape index (κ3) is 2.80. The lowest BCUT2D eigenvalue weighted by Gasteiger charge is -2.21. The van der Waals surface area contributed by atoms with Crippen LogP contribution in [0.5, 0.6) is 0 Å². The summed E-state index contributed by atoms with van der Waals surface area (Å²) in [4.78, 5) is 43.2. The molecule has 136 valence electrons. The predicted molar refractivity (Wildman–Crippen MR) is 104 cm³/mol. The van der Waals surface area contributed by atoms with Crippen molar-refractivity contribution in [2.24, 2.45) is 0 Å². The fourth-order valence-electron chi connectivity index (χ4n) is 3.31.